The van der Waals surface area contributed by atoms with Gasteiger partial charge in [0.15, 0.2) is 0 Å². The van der Waals surface area contributed by atoms with Crippen molar-refractivity contribution in [1.82, 2.24) is 4.72 Å². The molecule has 4 rings (SSSR count). The maximum atomic E-state index is 13.5. The molecule has 0 atom stereocenters. The third-order valence-corrected chi connectivity index (χ3v) is 10.6. The molecule has 38 heavy (non-hydrogen) atoms. The average molecular weight is 563 g/mol. The van der Waals surface area contributed by atoms with E-state index < -0.39 is 36.7 Å². The number of piperidine rings is 1. The fraction of sp³-hybridized carbons (Fsp3) is 0.519. The van der Waals surface area contributed by atoms with Crippen molar-refractivity contribution in [2.75, 3.05) is 28.0 Å². The van der Waals surface area contributed by atoms with Crippen LogP contribution in [0.4, 0.5) is 17.1 Å². The van der Waals surface area contributed by atoms with Crippen molar-refractivity contribution in [3.63, 3.8) is 0 Å². The predicted molar refractivity (Wildman–Crippen MR) is 152 cm³/mol. The third kappa shape index (κ3) is 6.68. The number of hydrogen-bond donors (Lipinski definition) is 3. The van der Waals surface area contributed by atoms with Crippen molar-refractivity contribution >= 4 is 43.0 Å². The van der Waals surface area contributed by atoms with Gasteiger partial charge in [-0.3, -0.25) is 9.52 Å². The van der Waals surface area contributed by atoms with Gasteiger partial charge in [-0.25, -0.2) is 21.6 Å². The van der Waals surface area contributed by atoms with Gasteiger partial charge in [-0.05, 0) is 102 Å². The van der Waals surface area contributed by atoms with E-state index in [9.17, 15) is 21.6 Å². The fourth-order valence-corrected chi connectivity index (χ4v) is 6.79. The zero-order valence-corrected chi connectivity index (χ0v) is 24.3. The lowest BCUT2D eigenvalue weighted by atomic mass is 9.93. The first kappa shape index (κ1) is 28.4. The monoisotopic (exact) mass is 562 g/mol. The van der Waals surface area contributed by atoms with Gasteiger partial charge in [0.2, 0.25) is 20.0 Å². The molecule has 2 aromatic rings. The van der Waals surface area contributed by atoms with Crippen molar-refractivity contribution in [2.45, 2.75) is 76.0 Å². The largest absolute Gasteiger partial charge is 0.371 e. The zero-order valence-electron chi connectivity index (χ0n) is 22.7. The molecule has 1 heterocycles. The molecule has 0 unspecified atom stereocenters. The molecule has 0 radical (unpaired) electrons. The lowest BCUT2D eigenvalue weighted by Crippen LogP contribution is -2.40. The molecule has 1 spiro atoms. The lowest BCUT2D eigenvalue weighted by molar-refractivity contribution is 0.102. The smallest absolute Gasteiger partial charge is 0.257 e. The van der Waals surface area contributed by atoms with Gasteiger partial charge >= 0.3 is 0 Å². The summed E-state index contributed by atoms with van der Waals surface area (Å²) in [4.78, 5) is 15.7. The number of carbonyl (C=O) groups is 1. The van der Waals surface area contributed by atoms with Crippen molar-refractivity contribution < 1.29 is 21.6 Å². The first-order valence-corrected chi connectivity index (χ1v) is 16.0. The molecule has 1 aliphatic carbocycles. The Morgan fingerprint density at radius 3 is 2.16 bits per heavy atom. The van der Waals surface area contributed by atoms with E-state index in [-0.39, 0.29) is 4.90 Å². The quantitative estimate of drug-likeness (QED) is 0.434. The number of rotatable bonds is 8. The Bertz CT molecular complexity index is 1420. The van der Waals surface area contributed by atoms with E-state index in [0.29, 0.717) is 28.0 Å². The molecule has 9 nitrogen and oxygen atoms in total. The fourth-order valence-electron chi connectivity index (χ4n) is 4.63. The van der Waals surface area contributed by atoms with Crippen LogP contribution in [0.25, 0.3) is 0 Å². The molecule has 2 aromatic carbocycles. The van der Waals surface area contributed by atoms with E-state index in [1.165, 1.54) is 25.0 Å². The maximum Gasteiger partial charge on any atom is 0.257 e. The minimum atomic E-state index is -3.78. The molecule has 3 N–H and O–H groups in total. The molecular weight excluding hydrogens is 524 g/mol. The minimum Gasteiger partial charge on any atom is -0.371 e. The molecule has 11 heteroatoms. The number of nitrogens with one attached hydrogen (secondary N) is 3. The zero-order chi connectivity index (χ0) is 27.9. The highest BCUT2D eigenvalue weighted by Crippen LogP contribution is 2.54. The van der Waals surface area contributed by atoms with Crippen LogP contribution in [0.15, 0.2) is 47.4 Å². The summed E-state index contributed by atoms with van der Waals surface area (Å²) in [6.45, 7) is 10.1. The lowest BCUT2D eigenvalue weighted by Gasteiger charge is -2.35. The van der Waals surface area contributed by atoms with Crippen molar-refractivity contribution in [2.24, 2.45) is 5.41 Å². The Kier molecular flexibility index (Phi) is 7.59. The van der Waals surface area contributed by atoms with Crippen LogP contribution < -0.4 is 19.7 Å². The Labute approximate surface area is 226 Å². The summed E-state index contributed by atoms with van der Waals surface area (Å²) in [5.74, 6) is -0.400. The molecule has 208 valence electrons. The van der Waals surface area contributed by atoms with Crippen LogP contribution >= 0.6 is 0 Å². The second-order valence-corrected chi connectivity index (χ2v) is 15.7. The summed E-state index contributed by atoms with van der Waals surface area (Å²) in [6.07, 6.45) is 4.56. The number of sulfonamides is 2. The summed E-state index contributed by atoms with van der Waals surface area (Å²) >= 11 is 0. The van der Waals surface area contributed by atoms with Gasteiger partial charge < -0.3 is 10.2 Å². The molecule has 1 saturated heterocycles. The normalized spacial score (nSPS) is 17.5. The number of anilines is 3. The van der Waals surface area contributed by atoms with Crippen LogP contribution in [0.1, 0.15) is 70.7 Å². The van der Waals surface area contributed by atoms with Gasteiger partial charge in [-0.15, -0.1) is 0 Å². The summed E-state index contributed by atoms with van der Waals surface area (Å²) in [6, 6.07) is 11.0. The summed E-state index contributed by atoms with van der Waals surface area (Å²) in [5.41, 5.74) is 1.57. The summed E-state index contributed by atoms with van der Waals surface area (Å²) in [5, 5.41) is 2.23. The first-order chi connectivity index (χ1) is 17.6. The Balaban J connectivity index is 1.62. The molecule has 0 bridgehead atoms. The number of amides is 1. The average Bonchev–Trinajstić information content (AvgIpc) is 3.56. The van der Waals surface area contributed by atoms with Gasteiger partial charge in [0.05, 0.1) is 27.1 Å². The van der Waals surface area contributed by atoms with Crippen LogP contribution in [0.5, 0.6) is 0 Å². The molecule has 1 amide bonds. The second-order valence-electron chi connectivity index (χ2n) is 11.8. The van der Waals surface area contributed by atoms with Crippen molar-refractivity contribution in [3.05, 3.63) is 48.0 Å². The highest BCUT2D eigenvalue weighted by Gasteiger charge is 2.44. The van der Waals surface area contributed by atoms with Crippen molar-refractivity contribution in [1.29, 1.82) is 0 Å². The summed E-state index contributed by atoms with van der Waals surface area (Å²) < 4.78 is 55.8. The molecule has 1 saturated carbocycles. The Morgan fingerprint density at radius 1 is 0.921 bits per heavy atom. The van der Waals surface area contributed by atoms with Gasteiger partial charge in [-0.1, -0.05) is 6.07 Å². The molecule has 2 fully saturated rings. The van der Waals surface area contributed by atoms with Crippen LogP contribution in [0, 0.1) is 5.41 Å². The Hall–Kier alpha value is -2.63. The van der Waals surface area contributed by atoms with E-state index in [4.69, 9.17) is 0 Å². The minimum absolute atomic E-state index is 0.0506. The van der Waals surface area contributed by atoms with E-state index in [1.54, 1.807) is 65.0 Å². The maximum absolute atomic E-state index is 13.5. The number of nitrogens with zero attached hydrogens (tertiary/aromatic N) is 1. The van der Waals surface area contributed by atoms with Crippen LogP contribution in [-0.2, 0) is 20.0 Å². The van der Waals surface area contributed by atoms with Gasteiger partial charge in [-0.2, -0.15) is 0 Å². The van der Waals surface area contributed by atoms with E-state index in [0.717, 1.165) is 25.9 Å². The van der Waals surface area contributed by atoms with Gasteiger partial charge in [0.1, 0.15) is 0 Å². The number of benzene rings is 2. The molecule has 1 aliphatic heterocycles. The Morgan fingerprint density at radius 2 is 1.58 bits per heavy atom. The molecule has 2 aliphatic rings. The number of carbonyl (C=O) groups excluding carboxylic acids is 1. The standard InChI is InChI=1S/C27H38N4O5S2/c1-19(2)37(33,34)29-21-9-10-23(24(18-21)31-15-13-27(11-12-27)14-16-31)25(32)28-20-7-6-8-22(17-20)38(35,36)30-26(3,4)5/h6-10,17-19,29-30H,11-16H2,1-5H3,(H,28,32). The topological polar surface area (TPSA) is 125 Å². The van der Waals surface area contributed by atoms with E-state index in [1.807, 2.05) is 0 Å². The highest BCUT2D eigenvalue weighted by atomic mass is 32.2. The molecule has 0 aromatic heterocycles. The predicted octanol–water partition coefficient (Wildman–Crippen LogP) is 4.55. The molecular formula is C27H38N4O5S2. The first-order valence-electron chi connectivity index (χ1n) is 13.0. The SMILES string of the molecule is CC(C)S(=O)(=O)Nc1ccc(C(=O)Nc2cccc(S(=O)(=O)NC(C)(C)C)c2)c(N2CCC3(CC2)CC3)c1. The van der Waals surface area contributed by atoms with Crippen LogP contribution in [-0.4, -0.2) is 46.6 Å². The summed E-state index contributed by atoms with van der Waals surface area (Å²) in [7, 11) is -7.33. The van der Waals surface area contributed by atoms with Gasteiger partial charge in [0, 0.05) is 24.3 Å². The second kappa shape index (κ2) is 10.2. The van der Waals surface area contributed by atoms with E-state index in [2.05, 4.69) is 19.7 Å². The number of hydrogen-bond acceptors (Lipinski definition) is 6. The van der Waals surface area contributed by atoms with Crippen molar-refractivity contribution in [3.8, 4) is 0 Å². The van der Waals surface area contributed by atoms with Crippen LogP contribution in [0.2, 0.25) is 0 Å². The third-order valence-electron chi connectivity index (χ3n) is 7.09. The van der Waals surface area contributed by atoms with Crippen LogP contribution in [0.3, 0.4) is 0 Å². The van der Waals surface area contributed by atoms with E-state index >= 15 is 0 Å². The highest BCUT2D eigenvalue weighted by molar-refractivity contribution is 7.93. The van der Waals surface area contributed by atoms with Gasteiger partial charge in [0.25, 0.3) is 5.91 Å².